The summed E-state index contributed by atoms with van der Waals surface area (Å²) in [6.45, 7) is 8.62. The summed E-state index contributed by atoms with van der Waals surface area (Å²) in [4.78, 5) is 24.8. The molecule has 2 aromatic rings. The Hall–Kier alpha value is -3.08. The van der Waals surface area contributed by atoms with Crippen molar-refractivity contribution in [2.75, 3.05) is 18.5 Å². The van der Waals surface area contributed by atoms with Crippen molar-refractivity contribution < 1.29 is 14.3 Å². The summed E-state index contributed by atoms with van der Waals surface area (Å²) >= 11 is 0. The van der Waals surface area contributed by atoms with Crippen LogP contribution in [-0.4, -0.2) is 25.0 Å². The molecule has 0 spiro atoms. The molecule has 0 fully saturated rings. The average molecular weight is 352 g/mol. The lowest BCUT2D eigenvalue weighted by molar-refractivity contribution is 0.0950. The Kier molecular flexibility index (Phi) is 6.97. The maximum Gasteiger partial charge on any atom is 0.255 e. The van der Waals surface area contributed by atoms with Gasteiger partial charge in [-0.05, 0) is 42.3 Å². The maximum absolute atomic E-state index is 12.5. The van der Waals surface area contributed by atoms with Crippen LogP contribution in [0.5, 0.6) is 5.75 Å². The number of anilines is 1. The molecule has 0 radical (unpaired) electrons. The summed E-state index contributed by atoms with van der Waals surface area (Å²) in [5.41, 5.74) is 1.39. The predicted molar refractivity (Wildman–Crippen MR) is 104 cm³/mol. The third-order valence-corrected chi connectivity index (χ3v) is 3.58. The van der Waals surface area contributed by atoms with E-state index in [2.05, 4.69) is 17.2 Å². The van der Waals surface area contributed by atoms with Crippen LogP contribution >= 0.6 is 0 Å². The van der Waals surface area contributed by atoms with Crippen molar-refractivity contribution >= 4 is 17.5 Å². The first kappa shape index (κ1) is 19.2. The fraction of sp³-hybridized carbons (Fsp3) is 0.238. The van der Waals surface area contributed by atoms with Crippen LogP contribution in [0.1, 0.15) is 34.6 Å². The second kappa shape index (κ2) is 9.42. The first-order valence-electron chi connectivity index (χ1n) is 8.53. The van der Waals surface area contributed by atoms with E-state index < -0.39 is 0 Å². The number of hydrogen-bond acceptors (Lipinski definition) is 3. The highest BCUT2D eigenvalue weighted by Crippen LogP contribution is 2.18. The summed E-state index contributed by atoms with van der Waals surface area (Å²) < 4.78 is 5.40. The molecule has 5 nitrogen and oxygen atoms in total. The smallest absolute Gasteiger partial charge is 0.255 e. The minimum atomic E-state index is -0.288. The number of hydrogen-bond donors (Lipinski definition) is 2. The molecule has 0 atom stereocenters. The standard InChI is InChI=1S/C21H24N2O3/c1-4-13-26-17-11-9-16(10-12-17)20(24)23-19-8-6-5-7-18(19)21(25)22-14-15(2)3/h4-12,15H,1,13-14H2,2-3H3,(H,22,25)(H,23,24). The van der Waals surface area contributed by atoms with Crippen LogP contribution in [0, 0.1) is 5.92 Å². The van der Waals surface area contributed by atoms with Crippen molar-refractivity contribution in [1.29, 1.82) is 0 Å². The van der Waals surface area contributed by atoms with E-state index in [4.69, 9.17) is 4.74 Å². The summed E-state index contributed by atoms with van der Waals surface area (Å²) in [7, 11) is 0. The molecule has 0 heterocycles. The highest BCUT2D eigenvalue weighted by atomic mass is 16.5. The van der Waals surface area contributed by atoms with E-state index >= 15 is 0 Å². The van der Waals surface area contributed by atoms with Crippen LogP contribution in [0.25, 0.3) is 0 Å². The van der Waals surface area contributed by atoms with Gasteiger partial charge in [0.15, 0.2) is 0 Å². The zero-order chi connectivity index (χ0) is 18.9. The zero-order valence-electron chi connectivity index (χ0n) is 15.1. The number of nitrogens with one attached hydrogen (secondary N) is 2. The van der Waals surface area contributed by atoms with Crippen LogP contribution in [-0.2, 0) is 0 Å². The predicted octanol–water partition coefficient (Wildman–Crippen LogP) is 3.89. The van der Waals surface area contributed by atoms with Gasteiger partial charge in [-0.2, -0.15) is 0 Å². The first-order chi connectivity index (χ1) is 12.5. The molecule has 2 amide bonds. The van der Waals surface area contributed by atoms with Gasteiger partial charge in [-0.1, -0.05) is 38.6 Å². The van der Waals surface area contributed by atoms with Crippen molar-refractivity contribution in [3.63, 3.8) is 0 Å². The van der Waals surface area contributed by atoms with E-state index in [1.807, 2.05) is 13.8 Å². The Morgan fingerprint density at radius 2 is 1.77 bits per heavy atom. The second-order valence-electron chi connectivity index (χ2n) is 6.23. The van der Waals surface area contributed by atoms with Gasteiger partial charge in [0.05, 0.1) is 11.3 Å². The van der Waals surface area contributed by atoms with Crippen LogP contribution in [0.4, 0.5) is 5.69 Å². The molecule has 136 valence electrons. The maximum atomic E-state index is 12.5. The van der Waals surface area contributed by atoms with Gasteiger partial charge in [-0.3, -0.25) is 9.59 Å². The van der Waals surface area contributed by atoms with E-state index in [-0.39, 0.29) is 11.8 Å². The van der Waals surface area contributed by atoms with Gasteiger partial charge in [-0.25, -0.2) is 0 Å². The van der Waals surface area contributed by atoms with Gasteiger partial charge in [0.1, 0.15) is 12.4 Å². The number of amides is 2. The minimum absolute atomic E-state index is 0.206. The van der Waals surface area contributed by atoms with Gasteiger partial charge in [0.25, 0.3) is 11.8 Å². The topological polar surface area (TPSA) is 67.4 Å². The molecule has 0 aliphatic carbocycles. The van der Waals surface area contributed by atoms with Crippen LogP contribution in [0.3, 0.4) is 0 Å². The number of rotatable bonds is 8. The monoisotopic (exact) mass is 352 g/mol. The molecule has 2 rings (SSSR count). The van der Waals surface area contributed by atoms with Crippen LogP contribution in [0.15, 0.2) is 61.2 Å². The number of carbonyl (C=O) groups is 2. The summed E-state index contributed by atoms with van der Waals surface area (Å²) in [6, 6.07) is 13.7. The van der Waals surface area contributed by atoms with Crippen molar-refractivity contribution in [3.8, 4) is 5.75 Å². The number of carbonyl (C=O) groups excluding carboxylic acids is 2. The minimum Gasteiger partial charge on any atom is -0.490 e. The van der Waals surface area contributed by atoms with Crippen molar-refractivity contribution in [1.82, 2.24) is 5.32 Å². The first-order valence-corrected chi connectivity index (χ1v) is 8.53. The molecular formula is C21H24N2O3. The third-order valence-electron chi connectivity index (χ3n) is 3.58. The molecule has 0 aliphatic rings. The highest BCUT2D eigenvalue weighted by Gasteiger charge is 2.14. The third kappa shape index (κ3) is 5.48. The SMILES string of the molecule is C=CCOc1ccc(C(=O)Nc2ccccc2C(=O)NCC(C)C)cc1. The van der Waals surface area contributed by atoms with Gasteiger partial charge in [0.2, 0.25) is 0 Å². The molecule has 26 heavy (non-hydrogen) atoms. The lowest BCUT2D eigenvalue weighted by atomic mass is 10.1. The molecule has 2 aromatic carbocycles. The molecule has 0 unspecified atom stereocenters. The van der Waals surface area contributed by atoms with E-state index in [0.717, 1.165) is 0 Å². The largest absolute Gasteiger partial charge is 0.490 e. The molecule has 0 saturated heterocycles. The van der Waals surface area contributed by atoms with E-state index in [1.54, 1.807) is 54.6 Å². The fourth-order valence-corrected chi connectivity index (χ4v) is 2.23. The average Bonchev–Trinajstić information content (AvgIpc) is 2.65. The van der Waals surface area contributed by atoms with Crippen LogP contribution < -0.4 is 15.4 Å². The lowest BCUT2D eigenvalue weighted by Crippen LogP contribution is -2.28. The van der Waals surface area contributed by atoms with Gasteiger partial charge < -0.3 is 15.4 Å². The molecule has 5 heteroatoms. The zero-order valence-corrected chi connectivity index (χ0v) is 15.1. The summed E-state index contributed by atoms with van der Waals surface area (Å²) in [5, 5.41) is 5.67. The van der Waals surface area contributed by atoms with Crippen molar-refractivity contribution in [2.45, 2.75) is 13.8 Å². The fourth-order valence-electron chi connectivity index (χ4n) is 2.23. The van der Waals surface area contributed by atoms with E-state index in [9.17, 15) is 9.59 Å². The van der Waals surface area contributed by atoms with Gasteiger partial charge >= 0.3 is 0 Å². The van der Waals surface area contributed by atoms with E-state index in [0.29, 0.717) is 41.6 Å². The van der Waals surface area contributed by atoms with Crippen molar-refractivity contribution in [3.05, 3.63) is 72.3 Å². The Balaban J connectivity index is 2.09. The Labute approximate surface area is 154 Å². The number of ether oxygens (including phenoxy) is 1. The lowest BCUT2D eigenvalue weighted by Gasteiger charge is -2.12. The van der Waals surface area contributed by atoms with E-state index in [1.165, 1.54) is 0 Å². The Bertz CT molecular complexity index is 767. The molecule has 0 saturated carbocycles. The second-order valence-corrected chi connectivity index (χ2v) is 6.23. The molecule has 0 aromatic heterocycles. The number of para-hydroxylation sites is 1. The summed E-state index contributed by atoms with van der Waals surface area (Å²) in [6.07, 6.45) is 1.65. The normalized spacial score (nSPS) is 10.3. The van der Waals surface area contributed by atoms with Gasteiger partial charge in [-0.15, -0.1) is 0 Å². The van der Waals surface area contributed by atoms with Crippen LogP contribution in [0.2, 0.25) is 0 Å². The number of benzene rings is 2. The van der Waals surface area contributed by atoms with Crippen molar-refractivity contribution in [2.24, 2.45) is 5.92 Å². The Morgan fingerprint density at radius 3 is 2.42 bits per heavy atom. The molecular weight excluding hydrogens is 328 g/mol. The quantitative estimate of drug-likeness (QED) is 0.708. The van der Waals surface area contributed by atoms with Gasteiger partial charge in [0, 0.05) is 12.1 Å². The molecule has 0 bridgehead atoms. The molecule has 2 N–H and O–H groups in total. The Morgan fingerprint density at radius 1 is 1.08 bits per heavy atom. The summed E-state index contributed by atoms with van der Waals surface area (Å²) in [5.74, 6) is 0.518. The highest BCUT2D eigenvalue weighted by molar-refractivity contribution is 6.09. The molecule has 0 aliphatic heterocycles.